The summed E-state index contributed by atoms with van der Waals surface area (Å²) >= 11 is 0. The Morgan fingerprint density at radius 3 is 2.25 bits per heavy atom. The lowest BCUT2D eigenvalue weighted by atomic mass is 10.1. The molecule has 0 spiro atoms. The molecule has 0 unspecified atom stereocenters. The molecule has 3 aromatic rings. The first-order valence-electron chi connectivity index (χ1n) is 9.51. The zero-order valence-electron chi connectivity index (χ0n) is 17.1. The molecule has 2 N–H and O–H groups in total. The number of ether oxygens (including phenoxy) is 2. The SMILES string of the molecule is COC(=O)c1ccc(COC(=O)c2cc(S(=O)(=O)NCc3ccccc3)ccc2O)cc1. The fraction of sp³-hybridized carbons (Fsp3) is 0.130. The zero-order valence-corrected chi connectivity index (χ0v) is 18.0. The van der Waals surface area contributed by atoms with Gasteiger partial charge in [-0.2, -0.15) is 0 Å². The van der Waals surface area contributed by atoms with E-state index in [1.54, 1.807) is 36.4 Å². The summed E-state index contributed by atoms with van der Waals surface area (Å²) in [5.41, 5.74) is 1.44. The van der Waals surface area contributed by atoms with Crippen LogP contribution in [0.3, 0.4) is 0 Å². The standard InChI is InChI=1S/C23H21NO7S/c1-30-22(26)18-9-7-17(8-10-18)15-31-23(27)20-13-19(11-12-21(20)25)32(28,29)24-14-16-5-3-2-4-6-16/h2-13,24-25H,14-15H2,1H3. The fourth-order valence-electron chi connectivity index (χ4n) is 2.78. The number of nitrogens with one attached hydrogen (secondary N) is 1. The largest absolute Gasteiger partial charge is 0.507 e. The molecule has 8 nitrogen and oxygen atoms in total. The predicted molar refractivity (Wildman–Crippen MR) is 115 cm³/mol. The molecule has 0 heterocycles. The van der Waals surface area contributed by atoms with E-state index in [9.17, 15) is 23.1 Å². The third kappa shape index (κ3) is 5.71. The van der Waals surface area contributed by atoms with Gasteiger partial charge in [-0.1, -0.05) is 42.5 Å². The summed E-state index contributed by atoms with van der Waals surface area (Å²) in [5.74, 6) is -1.78. The van der Waals surface area contributed by atoms with Crippen LogP contribution in [0.1, 0.15) is 31.8 Å². The molecule has 0 fully saturated rings. The van der Waals surface area contributed by atoms with E-state index in [4.69, 9.17) is 4.74 Å². The minimum Gasteiger partial charge on any atom is -0.507 e. The number of hydrogen-bond acceptors (Lipinski definition) is 7. The van der Waals surface area contributed by atoms with E-state index in [0.717, 1.165) is 17.7 Å². The third-order valence-corrected chi connectivity index (χ3v) is 5.95. The lowest BCUT2D eigenvalue weighted by molar-refractivity contribution is 0.0467. The number of methoxy groups -OCH3 is 1. The van der Waals surface area contributed by atoms with Crippen molar-refractivity contribution >= 4 is 22.0 Å². The van der Waals surface area contributed by atoms with Crippen molar-refractivity contribution in [1.29, 1.82) is 0 Å². The molecular weight excluding hydrogens is 434 g/mol. The van der Waals surface area contributed by atoms with Crippen molar-refractivity contribution in [1.82, 2.24) is 4.72 Å². The van der Waals surface area contributed by atoms with Crippen molar-refractivity contribution in [2.45, 2.75) is 18.0 Å². The maximum atomic E-state index is 12.6. The Morgan fingerprint density at radius 1 is 0.906 bits per heavy atom. The van der Waals surface area contributed by atoms with E-state index in [0.29, 0.717) is 11.1 Å². The van der Waals surface area contributed by atoms with Gasteiger partial charge in [0, 0.05) is 6.54 Å². The average molecular weight is 455 g/mol. The topological polar surface area (TPSA) is 119 Å². The van der Waals surface area contributed by atoms with Crippen LogP contribution in [-0.4, -0.2) is 32.6 Å². The molecule has 32 heavy (non-hydrogen) atoms. The van der Waals surface area contributed by atoms with Gasteiger partial charge in [0.2, 0.25) is 10.0 Å². The highest BCUT2D eigenvalue weighted by Crippen LogP contribution is 2.23. The summed E-state index contributed by atoms with van der Waals surface area (Å²) in [6.07, 6.45) is 0. The highest BCUT2D eigenvalue weighted by Gasteiger charge is 2.20. The van der Waals surface area contributed by atoms with Gasteiger partial charge in [-0.3, -0.25) is 0 Å². The van der Waals surface area contributed by atoms with Crippen LogP contribution in [0.4, 0.5) is 0 Å². The Labute approximate surface area is 185 Å². The molecule has 0 aliphatic carbocycles. The Morgan fingerprint density at radius 2 is 1.59 bits per heavy atom. The Hall–Kier alpha value is -3.69. The van der Waals surface area contributed by atoms with Gasteiger partial charge < -0.3 is 14.6 Å². The lowest BCUT2D eigenvalue weighted by Crippen LogP contribution is -2.23. The number of aromatic hydroxyl groups is 1. The number of sulfonamides is 1. The van der Waals surface area contributed by atoms with Crippen LogP contribution in [0.5, 0.6) is 5.75 Å². The monoisotopic (exact) mass is 455 g/mol. The molecule has 9 heteroatoms. The van der Waals surface area contributed by atoms with E-state index < -0.39 is 27.7 Å². The van der Waals surface area contributed by atoms with Crippen LogP contribution < -0.4 is 4.72 Å². The second-order valence-electron chi connectivity index (χ2n) is 6.75. The highest BCUT2D eigenvalue weighted by atomic mass is 32.2. The summed E-state index contributed by atoms with van der Waals surface area (Å²) in [6.45, 7) is -0.0612. The number of rotatable bonds is 8. The van der Waals surface area contributed by atoms with E-state index in [-0.39, 0.29) is 23.6 Å². The third-order valence-electron chi connectivity index (χ3n) is 4.55. The Bertz CT molecular complexity index is 1210. The van der Waals surface area contributed by atoms with Crippen LogP contribution in [-0.2, 0) is 32.6 Å². The molecule has 0 aromatic heterocycles. The molecule has 3 aromatic carbocycles. The van der Waals surface area contributed by atoms with E-state index >= 15 is 0 Å². The summed E-state index contributed by atoms with van der Waals surface area (Å²) in [5, 5.41) is 10.0. The molecule has 166 valence electrons. The maximum absolute atomic E-state index is 12.6. The number of carbonyl (C=O) groups is 2. The van der Waals surface area contributed by atoms with E-state index in [1.807, 2.05) is 6.07 Å². The van der Waals surface area contributed by atoms with Gasteiger partial charge >= 0.3 is 11.9 Å². The summed E-state index contributed by atoms with van der Waals surface area (Å²) in [4.78, 5) is 23.7. The molecule has 0 bridgehead atoms. The number of phenolic OH excluding ortho intramolecular Hbond substituents is 1. The minimum absolute atomic E-state index is 0.0748. The number of phenols is 1. The van der Waals surface area contributed by atoms with Crippen LogP contribution >= 0.6 is 0 Å². The predicted octanol–water partition coefficient (Wildman–Crippen LogP) is 3.01. The van der Waals surface area contributed by atoms with E-state index in [1.165, 1.54) is 25.3 Å². The van der Waals surface area contributed by atoms with Crippen LogP contribution in [0.15, 0.2) is 77.7 Å². The lowest BCUT2D eigenvalue weighted by Gasteiger charge is -2.10. The molecule has 0 saturated heterocycles. The molecular formula is C23H21NO7S. The molecule has 3 rings (SSSR count). The molecule has 0 atom stereocenters. The van der Waals surface area contributed by atoms with E-state index in [2.05, 4.69) is 9.46 Å². The summed E-state index contributed by atoms with van der Waals surface area (Å²) in [7, 11) is -2.65. The first-order chi connectivity index (χ1) is 15.3. The molecule has 0 aliphatic heterocycles. The van der Waals surface area contributed by atoms with Gasteiger partial charge in [-0.25, -0.2) is 22.7 Å². The smallest absolute Gasteiger partial charge is 0.342 e. The second-order valence-corrected chi connectivity index (χ2v) is 8.52. The fourth-order valence-corrected chi connectivity index (χ4v) is 3.83. The van der Waals surface area contributed by atoms with Crippen molar-refractivity contribution in [2.75, 3.05) is 7.11 Å². The number of esters is 2. The van der Waals surface area contributed by atoms with Crippen molar-refractivity contribution in [3.63, 3.8) is 0 Å². The van der Waals surface area contributed by atoms with Crippen molar-refractivity contribution in [2.24, 2.45) is 0 Å². The normalized spacial score (nSPS) is 11.0. The molecule has 0 radical (unpaired) electrons. The first kappa shape index (κ1) is 23.0. The summed E-state index contributed by atoms with van der Waals surface area (Å²) in [6, 6.07) is 18.6. The van der Waals surface area contributed by atoms with Crippen LogP contribution in [0, 0.1) is 0 Å². The average Bonchev–Trinajstić information content (AvgIpc) is 2.82. The van der Waals surface area contributed by atoms with Gasteiger partial charge in [0.25, 0.3) is 0 Å². The van der Waals surface area contributed by atoms with Crippen molar-refractivity contribution < 1.29 is 32.6 Å². The van der Waals surface area contributed by atoms with Gasteiger partial charge in [0.15, 0.2) is 0 Å². The molecule has 0 amide bonds. The Balaban J connectivity index is 1.69. The quantitative estimate of drug-likeness (QED) is 0.501. The van der Waals surface area contributed by atoms with Gasteiger partial charge in [-0.15, -0.1) is 0 Å². The minimum atomic E-state index is -3.93. The van der Waals surface area contributed by atoms with Crippen molar-refractivity contribution in [3.8, 4) is 5.75 Å². The number of benzene rings is 3. The van der Waals surface area contributed by atoms with Gasteiger partial charge in [0.05, 0.1) is 17.6 Å². The van der Waals surface area contributed by atoms with Crippen molar-refractivity contribution in [3.05, 3.63) is 95.1 Å². The number of carbonyl (C=O) groups excluding carboxylic acids is 2. The number of hydrogen-bond donors (Lipinski definition) is 2. The highest BCUT2D eigenvalue weighted by molar-refractivity contribution is 7.89. The van der Waals surface area contributed by atoms with Crippen LogP contribution in [0.2, 0.25) is 0 Å². The second kappa shape index (κ2) is 10.1. The first-order valence-corrected chi connectivity index (χ1v) is 11.0. The molecule has 0 saturated carbocycles. The van der Waals surface area contributed by atoms with Gasteiger partial charge in [-0.05, 0) is 41.5 Å². The van der Waals surface area contributed by atoms with Gasteiger partial charge in [0.1, 0.15) is 17.9 Å². The Kier molecular flexibility index (Phi) is 7.24. The zero-order chi connectivity index (χ0) is 23.1. The summed E-state index contributed by atoms with van der Waals surface area (Å²) < 4.78 is 37.5. The maximum Gasteiger partial charge on any atom is 0.342 e. The van der Waals surface area contributed by atoms with Crippen LogP contribution in [0.25, 0.3) is 0 Å². The molecule has 0 aliphatic rings.